The third-order valence-electron chi connectivity index (χ3n) is 3.05. The first-order valence-corrected chi connectivity index (χ1v) is 6.65. The number of hydrogen-bond donors (Lipinski definition) is 0. The van der Waals surface area contributed by atoms with Crippen molar-refractivity contribution in [2.75, 3.05) is 0 Å². The third-order valence-corrected chi connectivity index (χ3v) is 3.95. The standard InChI is InChI=1S/C12H9IN4O2/c1-16-9(14-6-15-16)5-17-11(18)7-3-2-4-8(13)10(7)12(17)19/h2-4,6H,5H2,1H3. The van der Waals surface area contributed by atoms with Gasteiger partial charge < -0.3 is 0 Å². The first kappa shape index (κ1) is 12.3. The van der Waals surface area contributed by atoms with E-state index in [2.05, 4.69) is 32.7 Å². The van der Waals surface area contributed by atoms with Gasteiger partial charge in [-0.05, 0) is 34.7 Å². The summed E-state index contributed by atoms with van der Waals surface area (Å²) in [7, 11) is 1.73. The monoisotopic (exact) mass is 368 g/mol. The fourth-order valence-electron chi connectivity index (χ4n) is 2.04. The molecule has 96 valence electrons. The van der Waals surface area contributed by atoms with Crippen LogP contribution in [-0.2, 0) is 13.6 Å². The van der Waals surface area contributed by atoms with Crippen molar-refractivity contribution in [2.45, 2.75) is 6.54 Å². The van der Waals surface area contributed by atoms with Crippen LogP contribution in [-0.4, -0.2) is 31.5 Å². The summed E-state index contributed by atoms with van der Waals surface area (Å²) >= 11 is 2.06. The Labute approximate surface area is 122 Å². The van der Waals surface area contributed by atoms with Gasteiger partial charge in [0.2, 0.25) is 0 Å². The highest BCUT2D eigenvalue weighted by atomic mass is 127. The molecule has 3 rings (SSSR count). The van der Waals surface area contributed by atoms with Crippen molar-refractivity contribution in [1.29, 1.82) is 0 Å². The lowest BCUT2D eigenvalue weighted by Crippen LogP contribution is -2.30. The van der Waals surface area contributed by atoms with Gasteiger partial charge in [0.25, 0.3) is 11.8 Å². The van der Waals surface area contributed by atoms with Crippen molar-refractivity contribution in [2.24, 2.45) is 7.05 Å². The molecule has 0 radical (unpaired) electrons. The largest absolute Gasteiger partial charge is 0.269 e. The molecule has 0 atom stereocenters. The van der Waals surface area contributed by atoms with Crippen LogP contribution in [0.25, 0.3) is 0 Å². The van der Waals surface area contributed by atoms with Gasteiger partial charge in [-0.25, -0.2) is 4.98 Å². The van der Waals surface area contributed by atoms with E-state index in [1.54, 1.807) is 23.9 Å². The molecule has 2 amide bonds. The summed E-state index contributed by atoms with van der Waals surface area (Å²) in [5.41, 5.74) is 0.939. The van der Waals surface area contributed by atoms with Crippen LogP contribution in [0.1, 0.15) is 26.5 Å². The zero-order valence-electron chi connectivity index (χ0n) is 10.00. The lowest BCUT2D eigenvalue weighted by molar-refractivity contribution is 0.0636. The van der Waals surface area contributed by atoms with Crippen molar-refractivity contribution < 1.29 is 9.59 Å². The number of nitrogens with zero attached hydrogens (tertiary/aromatic N) is 4. The summed E-state index contributed by atoms with van der Waals surface area (Å²) in [4.78, 5) is 29.8. The molecule has 2 heterocycles. The maximum absolute atomic E-state index is 12.3. The second-order valence-electron chi connectivity index (χ2n) is 4.16. The van der Waals surface area contributed by atoms with Gasteiger partial charge in [0.1, 0.15) is 12.2 Å². The molecule has 0 unspecified atom stereocenters. The number of halogens is 1. The average Bonchev–Trinajstić information content (AvgIpc) is 2.88. The molecule has 0 saturated carbocycles. The normalized spacial score (nSPS) is 14.1. The number of amides is 2. The summed E-state index contributed by atoms with van der Waals surface area (Å²) in [6.07, 6.45) is 1.40. The molecule has 0 fully saturated rings. The lowest BCUT2D eigenvalue weighted by atomic mass is 10.1. The van der Waals surface area contributed by atoms with E-state index in [4.69, 9.17) is 0 Å². The molecule has 2 aromatic rings. The topological polar surface area (TPSA) is 68.1 Å². The molecule has 1 aliphatic heterocycles. The molecule has 0 spiro atoms. The maximum atomic E-state index is 12.3. The Balaban J connectivity index is 1.99. The van der Waals surface area contributed by atoms with E-state index in [-0.39, 0.29) is 18.4 Å². The Hall–Kier alpha value is -1.77. The molecule has 0 saturated heterocycles. The fraction of sp³-hybridized carbons (Fsp3) is 0.167. The van der Waals surface area contributed by atoms with Crippen LogP contribution in [0.5, 0.6) is 0 Å². The van der Waals surface area contributed by atoms with E-state index in [1.165, 1.54) is 11.2 Å². The number of aromatic nitrogens is 3. The van der Waals surface area contributed by atoms with Gasteiger partial charge in [0.15, 0.2) is 0 Å². The van der Waals surface area contributed by atoms with Crippen molar-refractivity contribution in [3.8, 4) is 0 Å². The fourth-order valence-corrected chi connectivity index (χ4v) is 2.77. The Morgan fingerprint density at radius 1 is 1.26 bits per heavy atom. The summed E-state index contributed by atoms with van der Waals surface area (Å²) in [5.74, 6) is 0.0269. The second kappa shape index (κ2) is 4.41. The summed E-state index contributed by atoms with van der Waals surface area (Å²) < 4.78 is 2.34. The van der Waals surface area contributed by atoms with E-state index in [0.717, 1.165) is 3.57 Å². The van der Waals surface area contributed by atoms with Gasteiger partial charge in [-0.1, -0.05) is 6.07 Å². The van der Waals surface area contributed by atoms with Crippen LogP contribution in [0.2, 0.25) is 0 Å². The number of carbonyl (C=O) groups excluding carboxylic acids is 2. The molecule has 1 aromatic carbocycles. The quantitative estimate of drug-likeness (QED) is 0.591. The zero-order valence-corrected chi connectivity index (χ0v) is 12.2. The Morgan fingerprint density at radius 2 is 2.05 bits per heavy atom. The molecule has 1 aliphatic rings. The number of benzene rings is 1. The Kier molecular flexibility index (Phi) is 2.85. The molecule has 0 bridgehead atoms. The lowest BCUT2D eigenvalue weighted by Gasteiger charge is -2.12. The van der Waals surface area contributed by atoms with Gasteiger partial charge in [-0.15, -0.1) is 0 Å². The van der Waals surface area contributed by atoms with Crippen LogP contribution in [0.4, 0.5) is 0 Å². The van der Waals surface area contributed by atoms with E-state index in [0.29, 0.717) is 17.0 Å². The number of imide groups is 1. The SMILES string of the molecule is Cn1ncnc1CN1C(=O)c2cccc(I)c2C1=O. The van der Waals surface area contributed by atoms with E-state index in [1.807, 2.05) is 6.07 Å². The highest BCUT2D eigenvalue weighted by Crippen LogP contribution is 2.27. The molecule has 1 aromatic heterocycles. The van der Waals surface area contributed by atoms with Crippen LogP contribution in [0, 0.1) is 3.57 Å². The summed E-state index contributed by atoms with van der Waals surface area (Å²) in [5, 5.41) is 3.93. The van der Waals surface area contributed by atoms with Gasteiger partial charge >= 0.3 is 0 Å². The van der Waals surface area contributed by atoms with Gasteiger partial charge in [-0.2, -0.15) is 5.10 Å². The van der Waals surface area contributed by atoms with E-state index in [9.17, 15) is 9.59 Å². The molecule has 6 nitrogen and oxygen atoms in total. The van der Waals surface area contributed by atoms with E-state index >= 15 is 0 Å². The minimum Gasteiger partial charge on any atom is -0.269 e. The zero-order chi connectivity index (χ0) is 13.6. The van der Waals surface area contributed by atoms with Crippen LogP contribution in [0.3, 0.4) is 0 Å². The second-order valence-corrected chi connectivity index (χ2v) is 5.32. The average molecular weight is 368 g/mol. The first-order chi connectivity index (χ1) is 9.09. The predicted molar refractivity (Wildman–Crippen MR) is 74.4 cm³/mol. The highest BCUT2D eigenvalue weighted by Gasteiger charge is 2.37. The van der Waals surface area contributed by atoms with Gasteiger partial charge in [0, 0.05) is 10.6 Å². The first-order valence-electron chi connectivity index (χ1n) is 5.57. The smallest absolute Gasteiger partial charge is 0.263 e. The van der Waals surface area contributed by atoms with Crippen molar-refractivity contribution in [1.82, 2.24) is 19.7 Å². The third kappa shape index (κ3) is 1.84. The van der Waals surface area contributed by atoms with Crippen LogP contribution in [0.15, 0.2) is 24.5 Å². The number of fused-ring (bicyclic) bond motifs is 1. The van der Waals surface area contributed by atoms with Crippen molar-refractivity contribution in [3.63, 3.8) is 0 Å². The van der Waals surface area contributed by atoms with Crippen LogP contribution < -0.4 is 0 Å². The van der Waals surface area contributed by atoms with Gasteiger partial charge in [-0.3, -0.25) is 19.2 Å². The number of rotatable bonds is 2. The molecular formula is C12H9IN4O2. The minimum absolute atomic E-state index is 0.138. The highest BCUT2D eigenvalue weighted by molar-refractivity contribution is 14.1. The number of hydrogen-bond acceptors (Lipinski definition) is 4. The van der Waals surface area contributed by atoms with Crippen molar-refractivity contribution in [3.05, 3.63) is 45.0 Å². The number of aryl methyl sites for hydroxylation is 1. The summed E-state index contributed by atoms with van der Waals surface area (Å²) in [6, 6.07) is 5.27. The number of carbonyl (C=O) groups is 2. The summed E-state index contributed by atoms with van der Waals surface area (Å²) in [6.45, 7) is 0.138. The molecular weight excluding hydrogens is 359 g/mol. The minimum atomic E-state index is -0.276. The Bertz CT molecular complexity index is 695. The molecule has 7 heteroatoms. The molecule has 0 aliphatic carbocycles. The van der Waals surface area contributed by atoms with Gasteiger partial charge in [0.05, 0.1) is 17.7 Å². The molecule has 0 N–H and O–H groups in total. The van der Waals surface area contributed by atoms with E-state index < -0.39 is 0 Å². The van der Waals surface area contributed by atoms with Crippen LogP contribution >= 0.6 is 22.6 Å². The Morgan fingerprint density at radius 3 is 2.68 bits per heavy atom. The van der Waals surface area contributed by atoms with Crippen molar-refractivity contribution >= 4 is 34.4 Å². The maximum Gasteiger partial charge on any atom is 0.263 e. The molecule has 19 heavy (non-hydrogen) atoms. The predicted octanol–water partition coefficient (Wildman–Crippen LogP) is 1.22.